The van der Waals surface area contributed by atoms with Crippen LogP contribution in [0.2, 0.25) is 0 Å². The standard InChI is InChI=1S/C30H36N6O3/c1-16-8-21(22-13-31-19(4)32-14-22)10-23-27(18(3)37)34-35(28(16)23)15-26(38)36-24(11-30(5)12-25(30)36)29(39)33-17(2)9-20-6-7-20/h8,10,13-14,17,20,24-25H,6-7,9,11-12,15H2,1-5H3,(H,33,39)/t17-,24+,25-,30+/m1/s1. The number of rotatable bonds is 8. The van der Waals surface area contributed by atoms with Gasteiger partial charge in [-0.15, -0.1) is 0 Å². The van der Waals surface area contributed by atoms with E-state index in [0.717, 1.165) is 41.0 Å². The molecule has 2 aromatic heterocycles. The van der Waals surface area contributed by atoms with Crippen LogP contribution in [0.15, 0.2) is 24.5 Å². The van der Waals surface area contributed by atoms with Crippen LogP contribution in [0.1, 0.15) is 74.8 Å². The van der Waals surface area contributed by atoms with Crippen LogP contribution in [0.3, 0.4) is 0 Å². The van der Waals surface area contributed by atoms with Gasteiger partial charge < -0.3 is 10.2 Å². The number of hydrogen-bond acceptors (Lipinski definition) is 6. The van der Waals surface area contributed by atoms with Crippen molar-refractivity contribution in [2.45, 2.75) is 91.4 Å². The lowest BCUT2D eigenvalue weighted by molar-refractivity contribution is -0.140. The van der Waals surface area contributed by atoms with Crippen molar-refractivity contribution >= 4 is 28.5 Å². The number of ketones is 1. The van der Waals surface area contributed by atoms with Gasteiger partial charge in [-0.25, -0.2) is 9.97 Å². The van der Waals surface area contributed by atoms with Crippen molar-refractivity contribution in [3.63, 3.8) is 0 Å². The molecule has 3 aromatic rings. The number of Topliss-reactive ketones (excluding diaryl/α,β-unsaturated/α-hetero) is 1. The lowest BCUT2D eigenvalue weighted by Gasteiger charge is -2.28. The molecular formula is C30H36N6O3. The van der Waals surface area contributed by atoms with Crippen LogP contribution < -0.4 is 5.32 Å². The van der Waals surface area contributed by atoms with E-state index < -0.39 is 6.04 Å². The van der Waals surface area contributed by atoms with Crippen molar-refractivity contribution in [2.24, 2.45) is 11.3 Å². The second-order valence-electron chi connectivity index (χ2n) is 12.3. The summed E-state index contributed by atoms with van der Waals surface area (Å²) in [7, 11) is 0. The molecule has 0 bridgehead atoms. The third-order valence-electron chi connectivity index (χ3n) is 8.77. The summed E-state index contributed by atoms with van der Waals surface area (Å²) in [6.07, 6.45) is 8.62. The fraction of sp³-hybridized carbons (Fsp3) is 0.533. The summed E-state index contributed by atoms with van der Waals surface area (Å²) in [5.41, 5.74) is 3.71. The Bertz CT molecular complexity index is 1490. The van der Waals surface area contributed by atoms with Gasteiger partial charge in [0.2, 0.25) is 11.8 Å². The van der Waals surface area contributed by atoms with Gasteiger partial charge in [0.25, 0.3) is 0 Å². The highest BCUT2D eigenvalue weighted by molar-refractivity contribution is 6.07. The molecule has 3 fully saturated rings. The zero-order chi connectivity index (χ0) is 27.6. The third-order valence-corrected chi connectivity index (χ3v) is 8.77. The minimum absolute atomic E-state index is 0.00491. The zero-order valence-electron chi connectivity index (χ0n) is 23.3. The van der Waals surface area contributed by atoms with Gasteiger partial charge >= 0.3 is 0 Å². The molecule has 2 saturated carbocycles. The molecule has 1 aromatic carbocycles. The maximum Gasteiger partial charge on any atom is 0.245 e. The number of aromatic nitrogens is 4. The molecule has 1 aliphatic heterocycles. The van der Waals surface area contributed by atoms with E-state index in [4.69, 9.17) is 0 Å². The summed E-state index contributed by atoms with van der Waals surface area (Å²) in [5, 5.41) is 8.49. The SMILES string of the molecule is CC(=O)c1nn(CC(=O)N2[C@H](C(=O)N[C@H](C)CC3CC3)C[C@@]3(C)C[C@@H]23)c2c(C)cc(-c3cnc(C)nc3)cc12. The number of piperidine rings is 1. The Kier molecular flexibility index (Phi) is 6.08. The van der Waals surface area contributed by atoms with Crippen LogP contribution in [0.25, 0.3) is 22.0 Å². The lowest BCUT2D eigenvalue weighted by Crippen LogP contribution is -2.50. The summed E-state index contributed by atoms with van der Waals surface area (Å²) >= 11 is 0. The van der Waals surface area contributed by atoms with E-state index in [0.29, 0.717) is 23.3 Å². The highest BCUT2D eigenvalue weighted by atomic mass is 16.2. The first-order chi connectivity index (χ1) is 18.5. The number of benzene rings is 1. The molecular weight excluding hydrogens is 492 g/mol. The van der Waals surface area contributed by atoms with Gasteiger partial charge in [-0.1, -0.05) is 19.8 Å². The van der Waals surface area contributed by atoms with Gasteiger partial charge in [0.1, 0.15) is 24.1 Å². The van der Waals surface area contributed by atoms with Gasteiger partial charge in [0, 0.05) is 42.4 Å². The summed E-state index contributed by atoms with van der Waals surface area (Å²) in [5.74, 6) is 1.05. The molecule has 2 amide bonds. The van der Waals surface area contributed by atoms with Gasteiger partial charge in [-0.2, -0.15) is 5.10 Å². The number of carbonyl (C=O) groups is 3. The molecule has 1 saturated heterocycles. The molecule has 2 aliphatic carbocycles. The van der Waals surface area contributed by atoms with Gasteiger partial charge in [0.05, 0.1) is 5.52 Å². The van der Waals surface area contributed by atoms with Crippen molar-refractivity contribution in [1.29, 1.82) is 0 Å². The minimum atomic E-state index is -0.466. The fourth-order valence-electron chi connectivity index (χ4n) is 6.43. The predicted molar refractivity (Wildman–Crippen MR) is 147 cm³/mol. The van der Waals surface area contributed by atoms with E-state index in [2.05, 4.69) is 34.2 Å². The number of nitrogens with one attached hydrogen (secondary N) is 1. The summed E-state index contributed by atoms with van der Waals surface area (Å²) in [6.45, 7) is 9.48. The smallest absolute Gasteiger partial charge is 0.245 e. The molecule has 0 radical (unpaired) electrons. The number of aryl methyl sites for hydroxylation is 2. The summed E-state index contributed by atoms with van der Waals surface area (Å²) in [6, 6.07) is 3.64. The zero-order valence-corrected chi connectivity index (χ0v) is 23.3. The molecule has 4 atom stereocenters. The molecule has 9 heteroatoms. The largest absolute Gasteiger partial charge is 0.352 e. The second kappa shape index (κ2) is 9.24. The fourth-order valence-corrected chi connectivity index (χ4v) is 6.43. The molecule has 3 heterocycles. The Hall–Kier alpha value is -3.62. The topological polar surface area (TPSA) is 110 Å². The van der Waals surface area contributed by atoms with E-state index in [1.165, 1.54) is 19.8 Å². The summed E-state index contributed by atoms with van der Waals surface area (Å²) in [4.78, 5) is 50.1. The quantitative estimate of drug-likeness (QED) is 0.443. The normalized spacial score (nSPS) is 24.5. The Morgan fingerprint density at radius 1 is 1.10 bits per heavy atom. The minimum Gasteiger partial charge on any atom is -0.352 e. The Morgan fingerprint density at radius 3 is 2.49 bits per heavy atom. The molecule has 0 unspecified atom stereocenters. The maximum absolute atomic E-state index is 13.8. The van der Waals surface area contributed by atoms with Crippen LogP contribution in [0, 0.1) is 25.2 Å². The molecule has 6 rings (SSSR count). The van der Waals surface area contributed by atoms with Crippen LogP contribution in [0.4, 0.5) is 0 Å². The predicted octanol–water partition coefficient (Wildman–Crippen LogP) is 4.00. The van der Waals surface area contributed by atoms with Crippen molar-refractivity contribution in [3.8, 4) is 11.1 Å². The molecule has 0 spiro atoms. The maximum atomic E-state index is 13.8. The number of amides is 2. The van der Waals surface area contributed by atoms with E-state index in [9.17, 15) is 14.4 Å². The van der Waals surface area contributed by atoms with Crippen LogP contribution >= 0.6 is 0 Å². The number of fused-ring (bicyclic) bond motifs is 2. The lowest BCUT2D eigenvalue weighted by atomic mass is 10.0. The first-order valence-corrected chi connectivity index (χ1v) is 14.0. The number of nitrogens with zero attached hydrogens (tertiary/aromatic N) is 5. The van der Waals surface area contributed by atoms with Crippen molar-refractivity contribution < 1.29 is 14.4 Å². The van der Waals surface area contributed by atoms with Crippen LogP contribution in [-0.4, -0.2) is 60.4 Å². The van der Waals surface area contributed by atoms with Crippen molar-refractivity contribution in [1.82, 2.24) is 30.0 Å². The van der Waals surface area contributed by atoms with Gasteiger partial charge in [-0.05, 0) is 74.6 Å². The molecule has 39 heavy (non-hydrogen) atoms. The van der Waals surface area contributed by atoms with E-state index in [1.54, 1.807) is 22.0 Å². The number of hydrogen-bond donors (Lipinski definition) is 1. The van der Waals surface area contributed by atoms with E-state index in [1.807, 2.05) is 26.0 Å². The first-order valence-electron chi connectivity index (χ1n) is 14.0. The second-order valence-corrected chi connectivity index (χ2v) is 12.3. The Morgan fingerprint density at radius 2 is 1.82 bits per heavy atom. The van der Waals surface area contributed by atoms with Crippen LogP contribution in [0.5, 0.6) is 0 Å². The highest BCUT2D eigenvalue weighted by Gasteiger charge is 2.64. The number of likely N-dealkylation sites (tertiary alicyclic amines) is 1. The average molecular weight is 529 g/mol. The molecule has 204 valence electrons. The van der Waals surface area contributed by atoms with Gasteiger partial charge in [0.15, 0.2) is 5.78 Å². The Balaban J connectivity index is 1.29. The Labute approximate surface area is 228 Å². The molecule has 3 aliphatic rings. The monoisotopic (exact) mass is 528 g/mol. The van der Waals surface area contributed by atoms with Gasteiger partial charge in [-0.3, -0.25) is 19.1 Å². The molecule has 1 N–H and O–H groups in total. The summed E-state index contributed by atoms with van der Waals surface area (Å²) < 4.78 is 1.64. The molecule has 9 nitrogen and oxygen atoms in total. The van der Waals surface area contributed by atoms with Crippen molar-refractivity contribution in [3.05, 3.63) is 41.6 Å². The average Bonchev–Trinajstić information content (AvgIpc) is 3.74. The highest BCUT2D eigenvalue weighted by Crippen LogP contribution is 2.59. The van der Waals surface area contributed by atoms with Crippen LogP contribution in [-0.2, 0) is 16.1 Å². The first kappa shape index (κ1) is 25.6. The van der Waals surface area contributed by atoms with E-state index >= 15 is 0 Å². The van der Waals surface area contributed by atoms with Crippen molar-refractivity contribution in [2.75, 3.05) is 0 Å². The van der Waals surface area contributed by atoms with E-state index in [-0.39, 0.29) is 41.6 Å². The number of carbonyl (C=O) groups excluding carboxylic acids is 3. The third kappa shape index (κ3) is 4.72.